The van der Waals surface area contributed by atoms with E-state index in [-0.39, 0.29) is 6.04 Å². The van der Waals surface area contributed by atoms with Crippen molar-refractivity contribution in [2.75, 3.05) is 13.6 Å². The summed E-state index contributed by atoms with van der Waals surface area (Å²) in [6.45, 7) is 3.25. The van der Waals surface area contributed by atoms with Gasteiger partial charge in [-0.2, -0.15) is 0 Å². The Kier molecular flexibility index (Phi) is 4.72. The topological polar surface area (TPSA) is 42.1 Å². The maximum Gasteiger partial charge on any atom is 0.0494 e. The van der Waals surface area contributed by atoms with Gasteiger partial charge in [-0.15, -0.1) is 0 Å². The lowest BCUT2D eigenvalue weighted by atomic mass is 9.98. The molecule has 2 N–H and O–H groups in total. The summed E-state index contributed by atoms with van der Waals surface area (Å²) in [6.07, 6.45) is 9.27. The highest BCUT2D eigenvalue weighted by Crippen LogP contribution is 2.29. The average Bonchev–Trinajstić information content (AvgIpc) is 2.83. The normalized spacial score (nSPS) is 20.2. The number of likely N-dealkylation sites (N-methyl/N-ethyl adjacent to an activating group) is 1. The van der Waals surface area contributed by atoms with Gasteiger partial charge in [0.15, 0.2) is 0 Å². The molecule has 0 aromatic carbocycles. The quantitative estimate of drug-likeness (QED) is 0.869. The van der Waals surface area contributed by atoms with Crippen molar-refractivity contribution in [2.45, 2.75) is 44.7 Å². The zero-order chi connectivity index (χ0) is 13.0. The molecule has 2 atom stereocenters. The van der Waals surface area contributed by atoms with E-state index in [0.29, 0.717) is 6.04 Å². The molecule has 1 heterocycles. The molecule has 100 valence electrons. The molecule has 3 heteroatoms. The second-order valence-corrected chi connectivity index (χ2v) is 5.67. The van der Waals surface area contributed by atoms with E-state index in [0.717, 1.165) is 12.5 Å². The van der Waals surface area contributed by atoms with Gasteiger partial charge in [0.05, 0.1) is 0 Å². The van der Waals surface area contributed by atoms with Crippen LogP contribution >= 0.6 is 0 Å². The van der Waals surface area contributed by atoms with Crippen LogP contribution in [-0.2, 0) is 0 Å². The summed E-state index contributed by atoms with van der Waals surface area (Å²) in [5, 5.41) is 0. The maximum absolute atomic E-state index is 6.18. The minimum atomic E-state index is 0.138. The number of nitrogens with two attached hydrogens (primary N) is 1. The Labute approximate surface area is 110 Å². The molecule has 1 fully saturated rings. The zero-order valence-electron chi connectivity index (χ0n) is 11.5. The van der Waals surface area contributed by atoms with E-state index in [4.69, 9.17) is 5.73 Å². The second kappa shape index (κ2) is 6.30. The SMILES string of the molecule is CC(N)C(c1ccncc1)N(C)CC1CCCC1. The second-order valence-electron chi connectivity index (χ2n) is 5.67. The van der Waals surface area contributed by atoms with Crippen molar-refractivity contribution >= 4 is 0 Å². The summed E-state index contributed by atoms with van der Waals surface area (Å²) >= 11 is 0. The summed E-state index contributed by atoms with van der Waals surface area (Å²) in [5.74, 6) is 0.859. The predicted molar refractivity (Wildman–Crippen MR) is 75.2 cm³/mol. The molecule has 0 aliphatic heterocycles. The van der Waals surface area contributed by atoms with Gasteiger partial charge in [-0.05, 0) is 50.4 Å². The summed E-state index contributed by atoms with van der Waals surface area (Å²) < 4.78 is 0. The monoisotopic (exact) mass is 247 g/mol. The molecule has 0 saturated heterocycles. The average molecular weight is 247 g/mol. The van der Waals surface area contributed by atoms with Crippen molar-refractivity contribution in [1.82, 2.24) is 9.88 Å². The summed E-state index contributed by atoms with van der Waals surface area (Å²) in [7, 11) is 2.20. The molecule has 1 aromatic heterocycles. The van der Waals surface area contributed by atoms with Gasteiger partial charge in [-0.25, -0.2) is 0 Å². The third kappa shape index (κ3) is 3.30. The van der Waals surface area contributed by atoms with Crippen LogP contribution in [0.4, 0.5) is 0 Å². The molecule has 1 saturated carbocycles. The Morgan fingerprint density at radius 2 is 1.94 bits per heavy atom. The molecular formula is C15H25N3. The highest BCUT2D eigenvalue weighted by molar-refractivity contribution is 5.17. The Hall–Kier alpha value is -0.930. The largest absolute Gasteiger partial charge is 0.326 e. The first-order valence-corrected chi connectivity index (χ1v) is 7.04. The molecule has 0 spiro atoms. The number of aromatic nitrogens is 1. The van der Waals surface area contributed by atoms with Crippen LogP contribution in [0.25, 0.3) is 0 Å². The van der Waals surface area contributed by atoms with Crippen LogP contribution in [-0.4, -0.2) is 29.5 Å². The number of hydrogen-bond donors (Lipinski definition) is 1. The molecule has 0 radical (unpaired) electrons. The first-order valence-electron chi connectivity index (χ1n) is 7.04. The van der Waals surface area contributed by atoms with Crippen LogP contribution in [0, 0.1) is 5.92 Å². The molecule has 1 aliphatic rings. The van der Waals surface area contributed by atoms with Crippen molar-refractivity contribution in [3.63, 3.8) is 0 Å². The van der Waals surface area contributed by atoms with Crippen molar-refractivity contribution in [3.05, 3.63) is 30.1 Å². The van der Waals surface area contributed by atoms with E-state index in [1.807, 2.05) is 12.4 Å². The fourth-order valence-corrected chi connectivity index (χ4v) is 3.23. The molecule has 1 aliphatic carbocycles. The van der Waals surface area contributed by atoms with Crippen LogP contribution in [0.1, 0.15) is 44.2 Å². The standard InChI is InChI=1S/C15H25N3/c1-12(16)15(14-7-9-17-10-8-14)18(2)11-13-5-3-4-6-13/h7-10,12-13,15H,3-6,11,16H2,1-2H3. The number of rotatable bonds is 5. The van der Waals surface area contributed by atoms with Gasteiger partial charge in [0, 0.05) is 31.0 Å². The third-order valence-corrected chi connectivity index (χ3v) is 4.04. The Morgan fingerprint density at radius 3 is 2.50 bits per heavy atom. The van der Waals surface area contributed by atoms with Gasteiger partial charge in [0.2, 0.25) is 0 Å². The van der Waals surface area contributed by atoms with Gasteiger partial charge < -0.3 is 5.73 Å². The molecule has 1 aromatic rings. The fourth-order valence-electron chi connectivity index (χ4n) is 3.23. The van der Waals surface area contributed by atoms with Crippen LogP contribution in [0.3, 0.4) is 0 Å². The van der Waals surface area contributed by atoms with Gasteiger partial charge >= 0.3 is 0 Å². The van der Waals surface area contributed by atoms with Crippen molar-refractivity contribution < 1.29 is 0 Å². The van der Waals surface area contributed by atoms with Gasteiger partial charge in [-0.1, -0.05) is 12.8 Å². The van der Waals surface area contributed by atoms with E-state index in [2.05, 4.69) is 36.0 Å². The van der Waals surface area contributed by atoms with E-state index >= 15 is 0 Å². The van der Waals surface area contributed by atoms with E-state index in [1.54, 1.807) is 0 Å². The molecule has 18 heavy (non-hydrogen) atoms. The molecule has 2 unspecified atom stereocenters. The fraction of sp³-hybridized carbons (Fsp3) is 0.667. The van der Waals surface area contributed by atoms with E-state index in [1.165, 1.54) is 31.2 Å². The Balaban J connectivity index is 2.05. The van der Waals surface area contributed by atoms with Crippen molar-refractivity contribution in [3.8, 4) is 0 Å². The number of hydrogen-bond acceptors (Lipinski definition) is 3. The number of pyridine rings is 1. The first kappa shape index (κ1) is 13.5. The molecule has 0 amide bonds. The van der Waals surface area contributed by atoms with Gasteiger partial charge in [0.1, 0.15) is 0 Å². The van der Waals surface area contributed by atoms with Crippen molar-refractivity contribution in [1.29, 1.82) is 0 Å². The molecule has 2 rings (SSSR count). The van der Waals surface area contributed by atoms with Crippen molar-refractivity contribution in [2.24, 2.45) is 11.7 Å². The van der Waals surface area contributed by atoms with E-state index in [9.17, 15) is 0 Å². The van der Waals surface area contributed by atoms with Crippen LogP contribution < -0.4 is 5.73 Å². The molecule has 3 nitrogen and oxygen atoms in total. The third-order valence-electron chi connectivity index (χ3n) is 4.04. The minimum absolute atomic E-state index is 0.138. The van der Waals surface area contributed by atoms with Crippen LogP contribution in [0.5, 0.6) is 0 Å². The predicted octanol–water partition coefficient (Wildman–Crippen LogP) is 2.59. The summed E-state index contributed by atoms with van der Waals surface area (Å²) in [6, 6.07) is 4.60. The lowest BCUT2D eigenvalue weighted by Crippen LogP contribution is -2.39. The minimum Gasteiger partial charge on any atom is -0.326 e. The Morgan fingerprint density at radius 1 is 1.33 bits per heavy atom. The van der Waals surface area contributed by atoms with Gasteiger partial charge in [-0.3, -0.25) is 9.88 Å². The lowest BCUT2D eigenvalue weighted by molar-refractivity contribution is 0.188. The summed E-state index contributed by atoms with van der Waals surface area (Å²) in [4.78, 5) is 6.52. The van der Waals surface area contributed by atoms with Crippen LogP contribution in [0.15, 0.2) is 24.5 Å². The zero-order valence-corrected chi connectivity index (χ0v) is 11.5. The maximum atomic E-state index is 6.18. The first-order chi connectivity index (χ1) is 8.68. The van der Waals surface area contributed by atoms with Gasteiger partial charge in [0.25, 0.3) is 0 Å². The molecule has 0 bridgehead atoms. The van der Waals surface area contributed by atoms with Crippen LogP contribution in [0.2, 0.25) is 0 Å². The Bertz CT molecular complexity index is 344. The lowest BCUT2D eigenvalue weighted by Gasteiger charge is -2.33. The highest BCUT2D eigenvalue weighted by Gasteiger charge is 2.24. The molecular weight excluding hydrogens is 222 g/mol. The van der Waals surface area contributed by atoms with E-state index < -0.39 is 0 Å². The highest BCUT2D eigenvalue weighted by atomic mass is 15.1. The summed E-state index contributed by atoms with van der Waals surface area (Å²) in [5.41, 5.74) is 7.46. The number of nitrogens with zero attached hydrogens (tertiary/aromatic N) is 2. The smallest absolute Gasteiger partial charge is 0.0494 e.